The molecule has 1 aromatic rings. The number of amides is 1. The first-order chi connectivity index (χ1) is 12.7. The third-order valence-corrected chi connectivity index (χ3v) is 4.75. The summed E-state index contributed by atoms with van der Waals surface area (Å²) in [6.07, 6.45) is -3.45. The highest BCUT2D eigenvalue weighted by molar-refractivity contribution is 8.14. The molecule has 150 valence electrons. The van der Waals surface area contributed by atoms with Gasteiger partial charge in [0.2, 0.25) is 0 Å². The number of alkyl halides is 3. The molecule has 2 rings (SSSR count). The number of hydrazone groups is 1. The van der Waals surface area contributed by atoms with Crippen molar-refractivity contribution in [1.82, 2.24) is 9.91 Å². The van der Waals surface area contributed by atoms with Crippen LogP contribution in [0, 0.1) is 0 Å². The van der Waals surface area contributed by atoms with Gasteiger partial charge in [0.25, 0.3) is 0 Å². The molecule has 0 N–H and O–H groups in total. The second-order valence-electron chi connectivity index (χ2n) is 6.04. The second kappa shape index (κ2) is 8.83. The summed E-state index contributed by atoms with van der Waals surface area (Å²) in [5.41, 5.74) is 1.20. The monoisotopic (exact) mass is 405 g/mol. The topological polar surface area (TPSA) is 54.4 Å². The van der Waals surface area contributed by atoms with Gasteiger partial charge in [-0.1, -0.05) is 18.7 Å². The zero-order valence-electron chi connectivity index (χ0n) is 15.5. The van der Waals surface area contributed by atoms with Crippen molar-refractivity contribution in [3.05, 3.63) is 23.8 Å². The smallest absolute Gasteiger partial charge is 0.427 e. The highest BCUT2D eigenvalue weighted by Gasteiger charge is 2.33. The molecule has 0 aromatic heterocycles. The molecule has 10 heteroatoms. The average Bonchev–Trinajstić information content (AvgIpc) is 2.63. The van der Waals surface area contributed by atoms with E-state index in [9.17, 15) is 18.0 Å². The maximum atomic E-state index is 13.2. The summed E-state index contributed by atoms with van der Waals surface area (Å²) < 4.78 is 48.2. The lowest BCUT2D eigenvalue weighted by molar-refractivity contribution is -0.187. The molecule has 6 nitrogen and oxygen atoms in total. The van der Waals surface area contributed by atoms with Gasteiger partial charge in [0, 0.05) is 11.3 Å². The van der Waals surface area contributed by atoms with E-state index >= 15 is 0 Å². The summed E-state index contributed by atoms with van der Waals surface area (Å²) in [6.45, 7) is 0.00783. The molecule has 1 aromatic carbocycles. The molecule has 1 amide bonds. The Labute approximate surface area is 160 Å². The first-order valence-corrected chi connectivity index (χ1v) is 9.22. The molecule has 0 fully saturated rings. The molecule has 0 saturated heterocycles. The number of methoxy groups -OCH3 is 1. The molecule has 1 unspecified atom stereocenters. The quantitative estimate of drug-likeness (QED) is 0.658. The van der Waals surface area contributed by atoms with Gasteiger partial charge in [-0.2, -0.15) is 13.9 Å². The summed E-state index contributed by atoms with van der Waals surface area (Å²) in [7, 11) is 5.01. The lowest BCUT2D eigenvalue weighted by Gasteiger charge is -2.34. The molecule has 0 spiro atoms. The van der Waals surface area contributed by atoms with Crippen molar-refractivity contribution in [2.75, 3.05) is 33.6 Å². The number of hydrogen-bond donors (Lipinski definition) is 0. The van der Waals surface area contributed by atoms with Crippen molar-refractivity contribution in [3.8, 4) is 11.5 Å². The second-order valence-corrected chi connectivity index (χ2v) is 6.96. The number of carbonyl (C=O) groups is 1. The maximum absolute atomic E-state index is 13.2. The van der Waals surface area contributed by atoms with Crippen LogP contribution in [0.25, 0.3) is 0 Å². The van der Waals surface area contributed by atoms with Crippen LogP contribution in [0.2, 0.25) is 0 Å². The number of hydrogen-bond acceptors (Lipinski definition) is 6. The Morgan fingerprint density at radius 1 is 1.37 bits per heavy atom. The Kier molecular flexibility index (Phi) is 6.99. The molecule has 1 aliphatic heterocycles. The van der Waals surface area contributed by atoms with Crippen LogP contribution in [-0.4, -0.2) is 66.8 Å². The van der Waals surface area contributed by atoms with Crippen LogP contribution in [0.15, 0.2) is 23.3 Å². The van der Waals surface area contributed by atoms with E-state index in [0.29, 0.717) is 23.4 Å². The van der Waals surface area contributed by atoms with E-state index in [1.54, 1.807) is 0 Å². The zero-order valence-corrected chi connectivity index (χ0v) is 16.4. The van der Waals surface area contributed by atoms with E-state index in [1.165, 1.54) is 30.3 Å². The Hall–Kier alpha value is -1.94. The average molecular weight is 405 g/mol. The fourth-order valence-corrected chi connectivity index (χ4v) is 3.38. The molecule has 0 radical (unpaired) electrons. The number of thioether (sulfide) groups is 1. The van der Waals surface area contributed by atoms with Crippen molar-refractivity contribution in [2.45, 2.75) is 25.6 Å². The lowest BCUT2D eigenvalue weighted by Crippen LogP contribution is -2.45. The Morgan fingerprint density at radius 3 is 2.63 bits per heavy atom. The minimum atomic E-state index is -3.93. The van der Waals surface area contributed by atoms with Crippen molar-refractivity contribution < 1.29 is 27.4 Å². The summed E-state index contributed by atoms with van der Waals surface area (Å²) >= 11 is 1.11. The van der Waals surface area contributed by atoms with Gasteiger partial charge >= 0.3 is 11.3 Å². The van der Waals surface area contributed by atoms with Crippen LogP contribution in [0.1, 0.15) is 18.9 Å². The lowest BCUT2D eigenvalue weighted by atomic mass is 10.1. The van der Waals surface area contributed by atoms with Crippen molar-refractivity contribution in [2.24, 2.45) is 5.10 Å². The van der Waals surface area contributed by atoms with Crippen LogP contribution in [0.4, 0.5) is 18.0 Å². The third kappa shape index (κ3) is 5.07. The normalized spacial score (nSPS) is 16.4. The van der Waals surface area contributed by atoms with Gasteiger partial charge in [-0.3, -0.25) is 9.69 Å². The molecule has 1 aliphatic rings. The predicted octanol–water partition coefficient (Wildman–Crippen LogP) is 3.81. The van der Waals surface area contributed by atoms with Gasteiger partial charge < -0.3 is 9.47 Å². The van der Waals surface area contributed by atoms with Crippen LogP contribution >= 0.6 is 11.8 Å². The van der Waals surface area contributed by atoms with E-state index < -0.39 is 12.8 Å². The molecule has 1 atom stereocenters. The summed E-state index contributed by atoms with van der Waals surface area (Å²) in [4.78, 5) is 14.1. The fourth-order valence-electron chi connectivity index (χ4n) is 2.60. The summed E-state index contributed by atoms with van der Waals surface area (Å²) in [6, 6.07) is 4.28. The predicted molar refractivity (Wildman–Crippen MR) is 98.5 cm³/mol. The van der Waals surface area contributed by atoms with Gasteiger partial charge in [-0.25, -0.2) is 9.40 Å². The highest BCUT2D eigenvalue weighted by atomic mass is 32.2. The number of halogens is 3. The van der Waals surface area contributed by atoms with Crippen molar-refractivity contribution in [3.63, 3.8) is 0 Å². The zero-order chi connectivity index (χ0) is 20.2. The third-order valence-electron chi connectivity index (χ3n) is 3.90. The molecule has 0 aliphatic carbocycles. The van der Waals surface area contributed by atoms with E-state index in [4.69, 9.17) is 4.74 Å². The largest absolute Gasteiger partial charge is 0.493 e. The van der Waals surface area contributed by atoms with E-state index in [0.717, 1.165) is 11.8 Å². The maximum Gasteiger partial charge on any atom is 0.427 e. The SMILES string of the molecule is CCC(N(C)C)N1N=C(c2ccc(OC(F)(F)CF)c(OC)c2)CSC1=O. The Balaban J connectivity index is 2.35. The van der Waals surface area contributed by atoms with Crippen molar-refractivity contribution >= 4 is 22.7 Å². The summed E-state index contributed by atoms with van der Waals surface area (Å²) in [5, 5.41) is 5.71. The number of ether oxygens (including phenoxy) is 2. The molecule has 0 bridgehead atoms. The summed E-state index contributed by atoms with van der Waals surface area (Å²) in [5.74, 6) is 0.0838. The molecule has 1 heterocycles. The molecular formula is C17H22F3N3O3S. The van der Waals surface area contributed by atoms with Crippen LogP contribution < -0.4 is 9.47 Å². The van der Waals surface area contributed by atoms with E-state index in [2.05, 4.69) is 9.84 Å². The first kappa shape index (κ1) is 21.4. The fraction of sp³-hybridized carbons (Fsp3) is 0.529. The van der Waals surface area contributed by atoms with E-state index in [-0.39, 0.29) is 22.9 Å². The van der Waals surface area contributed by atoms with Gasteiger partial charge in [0.1, 0.15) is 6.17 Å². The Morgan fingerprint density at radius 2 is 2.07 bits per heavy atom. The Bertz CT molecular complexity index is 716. The van der Waals surface area contributed by atoms with Gasteiger partial charge in [-0.05, 0) is 38.7 Å². The molecule has 27 heavy (non-hydrogen) atoms. The molecular weight excluding hydrogens is 383 g/mol. The first-order valence-electron chi connectivity index (χ1n) is 8.23. The number of rotatable bonds is 8. The van der Waals surface area contributed by atoms with E-state index in [1.807, 2.05) is 25.9 Å². The van der Waals surface area contributed by atoms with Crippen molar-refractivity contribution in [1.29, 1.82) is 0 Å². The molecule has 0 saturated carbocycles. The minimum Gasteiger partial charge on any atom is -0.493 e. The van der Waals surface area contributed by atoms with Crippen LogP contribution in [-0.2, 0) is 0 Å². The number of benzene rings is 1. The van der Waals surface area contributed by atoms with Gasteiger partial charge in [0.15, 0.2) is 18.2 Å². The standard InChI is InChI=1S/C17H22F3N3O3S/c1-5-15(22(2)3)23-16(24)27-9-12(21-23)11-6-7-13(14(8-11)25-4)26-17(19,20)10-18/h6-8,15H,5,9-10H2,1-4H3. The minimum absolute atomic E-state index is 0.0245. The number of carbonyl (C=O) groups excluding carboxylic acids is 1. The van der Waals surface area contributed by atoms with Crippen LogP contribution in [0.3, 0.4) is 0 Å². The van der Waals surface area contributed by atoms with Crippen LogP contribution in [0.5, 0.6) is 11.5 Å². The number of nitrogens with zero attached hydrogens (tertiary/aromatic N) is 3. The van der Waals surface area contributed by atoms with Gasteiger partial charge in [-0.15, -0.1) is 0 Å². The highest BCUT2D eigenvalue weighted by Crippen LogP contribution is 2.34. The van der Waals surface area contributed by atoms with Gasteiger partial charge in [0.05, 0.1) is 12.8 Å².